The number of aryl methyl sites for hydroxylation is 2. The predicted molar refractivity (Wildman–Crippen MR) is 56.0 cm³/mol. The van der Waals surface area contributed by atoms with E-state index in [0.29, 0.717) is 0 Å². The summed E-state index contributed by atoms with van der Waals surface area (Å²) in [5.41, 5.74) is 7.89. The van der Waals surface area contributed by atoms with Crippen molar-refractivity contribution in [1.29, 1.82) is 0 Å². The Labute approximate surface area is 83.5 Å². The lowest BCUT2D eigenvalue weighted by molar-refractivity contribution is -0.117. The Morgan fingerprint density at radius 3 is 2.64 bits per heavy atom. The topological polar surface area (TPSA) is 68.0 Å². The Hall–Kier alpha value is -1.42. The maximum atomic E-state index is 11.3. The Morgan fingerprint density at radius 2 is 2.14 bits per heavy atom. The number of nitrogens with two attached hydrogens (primary N) is 1. The third-order valence-electron chi connectivity index (χ3n) is 1.90. The molecule has 76 valence electrons. The highest BCUT2D eigenvalue weighted by atomic mass is 16.2. The standard InChI is InChI=1S/C10H15N3O/c1-6-4-5-9(8(3)12-6)13-10(14)7(2)11/h4-5,7H,11H2,1-3H3,(H,13,14). The van der Waals surface area contributed by atoms with Gasteiger partial charge in [-0.15, -0.1) is 0 Å². The van der Waals surface area contributed by atoms with Crippen molar-refractivity contribution in [2.24, 2.45) is 5.73 Å². The highest BCUT2D eigenvalue weighted by molar-refractivity contribution is 5.94. The fourth-order valence-electron chi connectivity index (χ4n) is 1.07. The van der Waals surface area contributed by atoms with Crippen LogP contribution in [-0.2, 0) is 4.79 Å². The lowest BCUT2D eigenvalue weighted by Crippen LogP contribution is -2.32. The summed E-state index contributed by atoms with van der Waals surface area (Å²) in [6.07, 6.45) is 0. The molecule has 1 heterocycles. The van der Waals surface area contributed by atoms with E-state index in [9.17, 15) is 4.79 Å². The normalized spacial score (nSPS) is 12.3. The predicted octanol–water partition coefficient (Wildman–Crippen LogP) is 0.984. The van der Waals surface area contributed by atoms with Gasteiger partial charge in [-0.1, -0.05) is 0 Å². The fraction of sp³-hybridized carbons (Fsp3) is 0.400. The fourth-order valence-corrected chi connectivity index (χ4v) is 1.07. The Balaban J connectivity index is 2.82. The van der Waals surface area contributed by atoms with Gasteiger partial charge in [0.15, 0.2) is 0 Å². The van der Waals surface area contributed by atoms with Gasteiger partial charge in [-0.25, -0.2) is 0 Å². The molecule has 1 aromatic rings. The third-order valence-corrected chi connectivity index (χ3v) is 1.90. The first-order valence-corrected chi connectivity index (χ1v) is 4.51. The largest absolute Gasteiger partial charge is 0.323 e. The summed E-state index contributed by atoms with van der Waals surface area (Å²) in [4.78, 5) is 15.5. The molecule has 1 rings (SSSR count). The molecule has 0 spiro atoms. The molecule has 0 aliphatic rings. The number of hydrogen-bond acceptors (Lipinski definition) is 3. The number of hydrogen-bond donors (Lipinski definition) is 2. The van der Waals surface area contributed by atoms with E-state index in [1.807, 2.05) is 26.0 Å². The van der Waals surface area contributed by atoms with Crippen LogP contribution in [0.1, 0.15) is 18.3 Å². The molecular formula is C10H15N3O. The number of rotatable bonds is 2. The Morgan fingerprint density at radius 1 is 1.50 bits per heavy atom. The summed E-state index contributed by atoms with van der Waals surface area (Å²) in [7, 11) is 0. The van der Waals surface area contributed by atoms with E-state index in [-0.39, 0.29) is 5.91 Å². The maximum absolute atomic E-state index is 11.3. The van der Waals surface area contributed by atoms with Gasteiger partial charge in [0, 0.05) is 5.69 Å². The molecule has 0 saturated heterocycles. The number of carbonyl (C=O) groups excluding carboxylic acids is 1. The van der Waals surface area contributed by atoms with E-state index >= 15 is 0 Å². The third kappa shape index (κ3) is 2.53. The number of aromatic nitrogens is 1. The van der Waals surface area contributed by atoms with Crippen LogP contribution in [0.4, 0.5) is 5.69 Å². The van der Waals surface area contributed by atoms with Gasteiger partial charge in [-0.3, -0.25) is 9.78 Å². The smallest absolute Gasteiger partial charge is 0.241 e. The Bertz CT molecular complexity index is 347. The zero-order chi connectivity index (χ0) is 10.7. The van der Waals surface area contributed by atoms with Crippen molar-refractivity contribution in [3.05, 3.63) is 23.5 Å². The summed E-state index contributed by atoms with van der Waals surface area (Å²) in [6.45, 7) is 5.40. The summed E-state index contributed by atoms with van der Waals surface area (Å²) in [5, 5.41) is 2.71. The lowest BCUT2D eigenvalue weighted by Gasteiger charge is -2.09. The molecule has 1 aromatic heterocycles. The minimum atomic E-state index is -0.504. The van der Waals surface area contributed by atoms with Gasteiger partial charge in [0.25, 0.3) is 0 Å². The summed E-state index contributed by atoms with van der Waals surface area (Å²) < 4.78 is 0. The van der Waals surface area contributed by atoms with Crippen molar-refractivity contribution < 1.29 is 4.79 Å². The molecular weight excluding hydrogens is 178 g/mol. The van der Waals surface area contributed by atoms with Crippen LogP contribution in [0.5, 0.6) is 0 Å². The average Bonchev–Trinajstić information content (AvgIpc) is 2.09. The minimum Gasteiger partial charge on any atom is -0.323 e. The van der Waals surface area contributed by atoms with Crippen molar-refractivity contribution in [2.75, 3.05) is 5.32 Å². The molecule has 3 N–H and O–H groups in total. The first-order valence-electron chi connectivity index (χ1n) is 4.51. The highest BCUT2D eigenvalue weighted by Crippen LogP contribution is 2.12. The number of anilines is 1. The van der Waals surface area contributed by atoms with E-state index in [2.05, 4.69) is 10.3 Å². The second kappa shape index (κ2) is 4.19. The molecule has 0 saturated carbocycles. The second-order valence-electron chi connectivity index (χ2n) is 3.36. The zero-order valence-corrected chi connectivity index (χ0v) is 8.66. The molecule has 0 bridgehead atoms. The van der Waals surface area contributed by atoms with Crippen LogP contribution in [0.15, 0.2) is 12.1 Å². The van der Waals surface area contributed by atoms with Crippen LogP contribution in [-0.4, -0.2) is 16.9 Å². The van der Waals surface area contributed by atoms with E-state index in [1.54, 1.807) is 6.92 Å². The lowest BCUT2D eigenvalue weighted by atomic mass is 10.2. The molecule has 0 radical (unpaired) electrons. The number of carbonyl (C=O) groups is 1. The minimum absolute atomic E-state index is 0.196. The van der Waals surface area contributed by atoms with Gasteiger partial charge in [-0.2, -0.15) is 0 Å². The van der Waals surface area contributed by atoms with Crippen molar-refractivity contribution in [1.82, 2.24) is 4.98 Å². The van der Waals surface area contributed by atoms with Gasteiger partial charge in [0.2, 0.25) is 5.91 Å². The molecule has 0 aromatic carbocycles. The van der Waals surface area contributed by atoms with E-state index in [4.69, 9.17) is 5.73 Å². The quantitative estimate of drug-likeness (QED) is 0.735. The molecule has 1 atom stereocenters. The van der Waals surface area contributed by atoms with Crippen LogP contribution >= 0.6 is 0 Å². The number of amides is 1. The van der Waals surface area contributed by atoms with Crippen LogP contribution in [0.2, 0.25) is 0 Å². The van der Waals surface area contributed by atoms with Crippen LogP contribution in [0.25, 0.3) is 0 Å². The molecule has 1 amide bonds. The first kappa shape index (κ1) is 10.7. The molecule has 1 unspecified atom stereocenters. The monoisotopic (exact) mass is 193 g/mol. The molecule has 4 nitrogen and oxygen atoms in total. The summed E-state index contributed by atoms with van der Waals surface area (Å²) >= 11 is 0. The van der Waals surface area contributed by atoms with Crippen LogP contribution in [0.3, 0.4) is 0 Å². The number of nitrogens with zero attached hydrogens (tertiary/aromatic N) is 1. The molecule has 0 fully saturated rings. The Kier molecular flexibility index (Phi) is 3.19. The van der Waals surface area contributed by atoms with E-state index < -0.39 is 6.04 Å². The van der Waals surface area contributed by atoms with Gasteiger partial charge in [-0.05, 0) is 32.9 Å². The summed E-state index contributed by atoms with van der Waals surface area (Å²) in [5.74, 6) is -0.196. The summed E-state index contributed by atoms with van der Waals surface area (Å²) in [6, 6.07) is 3.18. The maximum Gasteiger partial charge on any atom is 0.241 e. The zero-order valence-electron chi connectivity index (χ0n) is 8.66. The average molecular weight is 193 g/mol. The van der Waals surface area contributed by atoms with Crippen molar-refractivity contribution in [3.63, 3.8) is 0 Å². The molecule has 4 heteroatoms. The second-order valence-corrected chi connectivity index (χ2v) is 3.36. The van der Waals surface area contributed by atoms with Crippen LogP contribution < -0.4 is 11.1 Å². The van der Waals surface area contributed by atoms with Crippen molar-refractivity contribution in [3.8, 4) is 0 Å². The molecule has 0 aliphatic carbocycles. The van der Waals surface area contributed by atoms with Crippen molar-refractivity contribution in [2.45, 2.75) is 26.8 Å². The van der Waals surface area contributed by atoms with Gasteiger partial charge in [0.1, 0.15) is 0 Å². The van der Waals surface area contributed by atoms with Gasteiger partial charge in [0.05, 0.1) is 17.4 Å². The van der Waals surface area contributed by atoms with Gasteiger partial charge < -0.3 is 11.1 Å². The van der Waals surface area contributed by atoms with Crippen molar-refractivity contribution >= 4 is 11.6 Å². The molecule has 14 heavy (non-hydrogen) atoms. The highest BCUT2D eigenvalue weighted by Gasteiger charge is 2.09. The van der Waals surface area contributed by atoms with Gasteiger partial charge >= 0.3 is 0 Å². The van der Waals surface area contributed by atoms with E-state index in [0.717, 1.165) is 17.1 Å². The van der Waals surface area contributed by atoms with Crippen LogP contribution in [0, 0.1) is 13.8 Å². The van der Waals surface area contributed by atoms with E-state index in [1.165, 1.54) is 0 Å². The number of pyridine rings is 1. The first-order chi connectivity index (χ1) is 6.50. The number of nitrogens with one attached hydrogen (secondary N) is 1. The SMILES string of the molecule is Cc1ccc(NC(=O)C(C)N)c(C)n1. The molecule has 0 aliphatic heterocycles.